The lowest BCUT2D eigenvalue weighted by molar-refractivity contribution is 0.0168. The number of nitrogens with zero attached hydrogens (tertiary/aromatic N) is 4. The van der Waals surface area contributed by atoms with E-state index in [0.717, 1.165) is 12.5 Å². The molecule has 1 amide bonds. The van der Waals surface area contributed by atoms with Crippen LogP contribution in [0.2, 0.25) is 0 Å². The summed E-state index contributed by atoms with van der Waals surface area (Å²) in [5.74, 6) is 2.75. The van der Waals surface area contributed by atoms with Crippen LogP contribution < -0.4 is 11.1 Å². The smallest absolute Gasteiger partial charge is 0.270 e. The molecule has 0 unspecified atom stereocenters. The second-order valence-electron chi connectivity index (χ2n) is 9.43. The third-order valence-corrected chi connectivity index (χ3v) is 6.14. The first-order chi connectivity index (χ1) is 18.0. The van der Waals surface area contributed by atoms with Crippen LogP contribution in [0.25, 0.3) is 11.0 Å². The van der Waals surface area contributed by atoms with E-state index in [0.29, 0.717) is 40.1 Å². The summed E-state index contributed by atoms with van der Waals surface area (Å²) >= 11 is 0. The molecule has 2 aromatic heterocycles. The van der Waals surface area contributed by atoms with Crippen LogP contribution in [0.4, 0.5) is 20.3 Å². The molecule has 0 radical (unpaired) electrons. The number of hydrogen-bond donors (Lipinski definition) is 3. The van der Waals surface area contributed by atoms with Gasteiger partial charge in [-0.2, -0.15) is 5.10 Å². The minimum Gasteiger partial charge on any atom is -0.396 e. The topological polar surface area (TPSA) is 119 Å². The van der Waals surface area contributed by atoms with Crippen LogP contribution in [-0.2, 0) is 12.5 Å². The molecule has 2 aromatic carbocycles. The summed E-state index contributed by atoms with van der Waals surface area (Å²) in [5, 5.41) is 17.3. The summed E-state index contributed by atoms with van der Waals surface area (Å²) < 4.78 is 29.5. The number of aliphatic hydroxyl groups excluding tert-OH is 1. The van der Waals surface area contributed by atoms with Crippen molar-refractivity contribution in [1.29, 1.82) is 0 Å². The summed E-state index contributed by atoms with van der Waals surface area (Å²) in [6.45, 7) is 6.57. The number of fused-ring (bicyclic) bond motifs is 1. The number of rotatable bonds is 6. The van der Waals surface area contributed by atoms with Crippen molar-refractivity contribution in [2.45, 2.75) is 40.2 Å². The molecule has 4 N–H and O–H groups in total. The maximum absolute atomic E-state index is 13.9. The van der Waals surface area contributed by atoms with Crippen molar-refractivity contribution >= 4 is 28.4 Å². The maximum Gasteiger partial charge on any atom is 0.270 e. The Morgan fingerprint density at radius 2 is 1.89 bits per heavy atom. The maximum atomic E-state index is 13.9. The summed E-state index contributed by atoms with van der Waals surface area (Å²) in [7, 11) is 0. The monoisotopic (exact) mass is 518 g/mol. The van der Waals surface area contributed by atoms with Gasteiger partial charge in [0.05, 0.1) is 5.39 Å². The Bertz CT molecular complexity index is 1580. The fourth-order valence-corrected chi connectivity index (χ4v) is 4.00. The molecule has 0 aliphatic heterocycles. The second kappa shape index (κ2) is 10.6. The highest BCUT2D eigenvalue weighted by molar-refractivity contribution is 6.04. The Morgan fingerprint density at radius 1 is 1.16 bits per heavy atom. The Hall–Kier alpha value is -4.36. The number of carbonyl (C=O) groups excluding carboxylic acids is 1. The molecule has 10 heteroatoms. The van der Waals surface area contributed by atoms with E-state index in [9.17, 15) is 18.7 Å². The first kappa shape index (κ1) is 26.7. The van der Waals surface area contributed by atoms with Crippen LogP contribution >= 0.6 is 0 Å². The van der Waals surface area contributed by atoms with Crippen LogP contribution in [0, 0.1) is 31.6 Å². The van der Waals surface area contributed by atoms with Gasteiger partial charge >= 0.3 is 0 Å². The lowest BCUT2D eigenvalue weighted by atomic mass is 10.00. The number of nitrogens with two attached hydrogens (primary N) is 1. The Balaban J connectivity index is 1.64. The fraction of sp³-hybridized carbons (Fsp3) is 0.286. The summed E-state index contributed by atoms with van der Waals surface area (Å²) in [5.41, 5.74) is 9.32. The normalized spacial score (nSPS) is 12.2. The number of benzene rings is 2. The quantitative estimate of drug-likeness (QED) is 0.325. The van der Waals surface area contributed by atoms with Crippen LogP contribution in [0.1, 0.15) is 52.2 Å². The van der Waals surface area contributed by atoms with Crippen molar-refractivity contribution in [3.63, 3.8) is 0 Å². The number of anilines is 2. The van der Waals surface area contributed by atoms with Gasteiger partial charge in [0.1, 0.15) is 17.8 Å². The van der Waals surface area contributed by atoms with Crippen LogP contribution in [0.3, 0.4) is 0 Å². The fourth-order valence-electron chi connectivity index (χ4n) is 4.00. The van der Waals surface area contributed by atoms with Gasteiger partial charge in [0.15, 0.2) is 5.65 Å². The van der Waals surface area contributed by atoms with Crippen molar-refractivity contribution in [2.75, 3.05) is 17.7 Å². The Kier molecular flexibility index (Phi) is 7.41. The zero-order valence-corrected chi connectivity index (χ0v) is 21.5. The van der Waals surface area contributed by atoms with E-state index < -0.39 is 11.8 Å². The highest BCUT2D eigenvalue weighted by atomic mass is 19.3. The number of aromatic nitrogens is 4. The summed E-state index contributed by atoms with van der Waals surface area (Å²) in [6.07, 6.45) is 1.35. The number of hydrogen-bond acceptors (Lipinski definition) is 6. The molecule has 4 aromatic rings. The number of nitrogen functional groups attached to an aromatic ring is 1. The number of aryl methyl sites for hydroxylation is 2. The average molecular weight is 519 g/mol. The minimum absolute atomic E-state index is 0.00852. The van der Waals surface area contributed by atoms with Gasteiger partial charge in [-0.25, -0.2) is 23.4 Å². The summed E-state index contributed by atoms with van der Waals surface area (Å²) in [6, 6.07) is 9.46. The van der Waals surface area contributed by atoms with Gasteiger partial charge < -0.3 is 16.2 Å². The predicted octanol–water partition coefficient (Wildman–Crippen LogP) is 4.42. The molecular weight excluding hydrogens is 490 g/mol. The average Bonchev–Trinajstić information content (AvgIpc) is 3.22. The first-order valence-electron chi connectivity index (χ1n) is 12.0. The predicted molar refractivity (Wildman–Crippen MR) is 142 cm³/mol. The molecule has 38 heavy (non-hydrogen) atoms. The largest absolute Gasteiger partial charge is 0.396 e. The molecule has 8 nitrogen and oxygen atoms in total. The number of alkyl halides is 2. The molecule has 4 rings (SSSR count). The van der Waals surface area contributed by atoms with Crippen LogP contribution in [0.5, 0.6) is 0 Å². The molecule has 1 atom stereocenters. The SMILES string of the molecule is Cc1ccc(NC(=O)c2ccc(C)c(C(C)(F)F)c2)cc1C#Cc1nn(C[C@H](C)CO)c2ncnc(N)c12. The van der Waals surface area contributed by atoms with Gasteiger partial charge in [0.25, 0.3) is 11.8 Å². The Labute approximate surface area is 218 Å². The zero-order chi connectivity index (χ0) is 27.6. The number of carbonyl (C=O) groups is 1. The Morgan fingerprint density at radius 3 is 2.61 bits per heavy atom. The van der Waals surface area contributed by atoms with Crippen LogP contribution in [-0.4, -0.2) is 37.4 Å². The highest BCUT2D eigenvalue weighted by Crippen LogP contribution is 2.30. The van der Waals surface area contributed by atoms with Crippen molar-refractivity contribution in [2.24, 2.45) is 5.92 Å². The third-order valence-electron chi connectivity index (χ3n) is 6.14. The molecule has 0 aliphatic carbocycles. The van der Waals surface area contributed by atoms with E-state index in [4.69, 9.17) is 5.73 Å². The van der Waals surface area contributed by atoms with E-state index in [1.54, 1.807) is 29.8 Å². The lowest BCUT2D eigenvalue weighted by Gasteiger charge is -2.15. The summed E-state index contributed by atoms with van der Waals surface area (Å²) in [4.78, 5) is 21.2. The van der Waals surface area contributed by atoms with Gasteiger partial charge in [-0.3, -0.25) is 4.79 Å². The molecule has 2 heterocycles. The van der Waals surface area contributed by atoms with Crippen molar-refractivity contribution in [3.05, 3.63) is 76.2 Å². The first-order valence-corrected chi connectivity index (χ1v) is 12.0. The molecule has 0 aliphatic rings. The van der Waals surface area contributed by atoms with Crippen molar-refractivity contribution < 1.29 is 18.7 Å². The van der Waals surface area contributed by atoms with E-state index in [2.05, 4.69) is 32.2 Å². The number of halogens is 2. The van der Waals surface area contributed by atoms with E-state index in [1.807, 2.05) is 13.8 Å². The molecular formula is C28H28F2N6O2. The molecule has 196 valence electrons. The molecule has 0 bridgehead atoms. The highest BCUT2D eigenvalue weighted by Gasteiger charge is 2.27. The molecule has 0 saturated carbocycles. The van der Waals surface area contributed by atoms with Crippen LogP contribution in [0.15, 0.2) is 42.7 Å². The standard InChI is InChI=1S/C28H28F2N6O2/c1-16(14-37)13-36-26-24(25(31)32-15-33-26)23(35-36)10-8-19-11-21(9-6-17(19)2)34-27(38)20-7-5-18(3)22(12-20)28(4,29)30/h5-7,9,11-12,15-16,37H,13-14H2,1-4H3,(H,34,38)(H2,31,32,33)/t16-/m0/s1. The van der Waals surface area contributed by atoms with Gasteiger partial charge in [-0.1, -0.05) is 25.0 Å². The van der Waals surface area contributed by atoms with Gasteiger partial charge in [-0.15, -0.1) is 0 Å². The lowest BCUT2D eigenvalue weighted by Crippen LogP contribution is -2.15. The van der Waals surface area contributed by atoms with Gasteiger partial charge in [-0.05, 0) is 61.1 Å². The number of aliphatic hydroxyl groups is 1. The second-order valence-corrected chi connectivity index (χ2v) is 9.43. The van der Waals surface area contributed by atoms with E-state index in [-0.39, 0.29) is 29.5 Å². The van der Waals surface area contributed by atoms with Crippen molar-refractivity contribution in [1.82, 2.24) is 19.7 Å². The third kappa shape index (κ3) is 5.63. The molecule has 0 saturated heterocycles. The molecule has 0 fully saturated rings. The molecule has 0 spiro atoms. The van der Waals surface area contributed by atoms with Gasteiger partial charge in [0, 0.05) is 42.5 Å². The zero-order valence-electron chi connectivity index (χ0n) is 21.5. The van der Waals surface area contributed by atoms with Gasteiger partial charge in [0.2, 0.25) is 0 Å². The number of nitrogens with one attached hydrogen (secondary N) is 1. The van der Waals surface area contributed by atoms with Crippen molar-refractivity contribution in [3.8, 4) is 11.8 Å². The van der Waals surface area contributed by atoms with E-state index >= 15 is 0 Å². The minimum atomic E-state index is -3.06. The van der Waals surface area contributed by atoms with E-state index in [1.165, 1.54) is 24.5 Å². The number of amides is 1.